The number of aromatic nitrogens is 1. The fourth-order valence-electron chi connectivity index (χ4n) is 1.73. The van der Waals surface area contributed by atoms with E-state index in [4.69, 9.17) is 0 Å². The average Bonchev–Trinajstić information content (AvgIpc) is 2.49. The van der Waals surface area contributed by atoms with Gasteiger partial charge in [-0.1, -0.05) is 18.2 Å². The lowest BCUT2D eigenvalue weighted by Crippen LogP contribution is -2.15. The Morgan fingerprint density at radius 2 is 2.05 bits per heavy atom. The number of hydrogen-bond donors (Lipinski definition) is 1. The van der Waals surface area contributed by atoms with Crippen LogP contribution in [0, 0.1) is 5.82 Å². The standard InChI is InChI=1S/C15H15FN2O2/c1-20-15(19)12-6-7-13(18-9-12)10-17-8-11-4-2-3-5-14(11)16/h2-7,9,17H,8,10H2,1H3. The number of ether oxygens (including phenoxy) is 1. The van der Waals surface area contributed by atoms with Crippen LogP contribution < -0.4 is 5.32 Å². The molecule has 0 saturated heterocycles. The van der Waals surface area contributed by atoms with Crippen LogP contribution in [0.15, 0.2) is 42.6 Å². The van der Waals surface area contributed by atoms with Gasteiger partial charge in [0, 0.05) is 24.8 Å². The highest BCUT2D eigenvalue weighted by molar-refractivity contribution is 5.88. The van der Waals surface area contributed by atoms with Gasteiger partial charge in [-0.3, -0.25) is 4.98 Å². The highest BCUT2D eigenvalue weighted by Gasteiger charge is 2.05. The molecule has 5 heteroatoms. The van der Waals surface area contributed by atoms with Gasteiger partial charge in [0.2, 0.25) is 0 Å². The summed E-state index contributed by atoms with van der Waals surface area (Å²) in [5, 5.41) is 3.10. The van der Waals surface area contributed by atoms with Crippen LogP contribution in [-0.2, 0) is 17.8 Å². The number of pyridine rings is 1. The van der Waals surface area contributed by atoms with Gasteiger partial charge in [0.25, 0.3) is 0 Å². The third-order valence-corrected chi connectivity index (χ3v) is 2.83. The molecule has 0 aliphatic carbocycles. The van der Waals surface area contributed by atoms with Crippen LogP contribution in [-0.4, -0.2) is 18.1 Å². The second-order valence-electron chi connectivity index (χ2n) is 4.22. The molecule has 0 amide bonds. The smallest absolute Gasteiger partial charge is 0.339 e. The lowest BCUT2D eigenvalue weighted by molar-refractivity contribution is 0.0600. The first-order valence-corrected chi connectivity index (χ1v) is 6.18. The second kappa shape index (κ2) is 6.77. The molecule has 1 heterocycles. The molecule has 0 atom stereocenters. The first-order chi connectivity index (χ1) is 9.70. The van der Waals surface area contributed by atoms with Crippen LogP contribution in [0.2, 0.25) is 0 Å². The molecule has 0 radical (unpaired) electrons. The minimum atomic E-state index is -0.414. The van der Waals surface area contributed by atoms with E-state index in [-0.39, 0.29) is 5.82 Å². The molecular weight excluding hydrogens is 259 g/mol. The maximum absolute atomic E-state index is 13.4. The first kappa shape index (κ1) is 14.1. The Hall–Kier alpha value is -2.27. The highest BCUT2D eigenvalue weighted by atomic mass is 19.1. The number of nitrogens with one attached hydrogen (secondary N) is 1. The summed E-state index contributed by atoms with van der Waals surface area (Å²) in [5.41, 5.74) is 1.79. The van der Waals surface area contributed by atoms with Crippen LogP contribution in [0.1, 0.15) is 21.6 Å². The Balaban J connectivity index is 1.88. The summed E-state index contributed by atoms with van der Waals surface area (Å²) in [5.74, 6) is -0.641. The van der Waals surface area contributed by atoms with Gasteiger partial charge in [-0.2, -0.15) is 0 Å². The number of esters is 1. The molecule has 1 aromatic carbocycles. The minimum absolute atomic E-state index is 0.228. The number of methoxy groups -OCH3 is 1. The van der Waals surface area contributed by atoms with Gasteiger partial charge in [-0.05, 0) is 18.2 Å². The zero-order valence-electron chi connectivity index (χ0n) is 11.1. The normalized spacial score (nSPS) is 10.3. The predicted octanol–water partition coefficient (Wildman–Crippen LogP) is 2.30. The van der Waals surface area contributed by atoms with Crippen molar-refractivity contribution < 1.29 is 13.9 Å². The van der Waals surface area contributed by atoms with Gasteiger partial charge in [-0.15, -0.1) is 0 Å². The van der Waals surface area contributed by atoms with Gasteiger partial charge >= 0.3 is 5.97 Å². The number of rotatable bonds is 5. The van der Waals surface area contributed by atoms with Crippen molar-refractivity contribution in [2.24, 2.45) is 0 Å². The van der Waals surface area contributed by atoms with Crippen molar-refractivity contribution in [1.82, 2.24) is 10.3 Å². The maximum Gasteiger partial charge on any atom is 0.339 e. The number of carbonyl (C=O) groups excluding carboxylic acids is 1. The summed E-state index contributed by atoms with van der Waals surface area (Å²) in [7, 11) is 1.33. The van der Waals surface area contributed by atoms with Crippen LogP contribution in [0.5, 0.6) is 0 Å². The summed E-state index contributed by atoms with van der Waals surface area (Å²) in [6.07, 6.45) is 1.46. The fraction of sp³-hybridized carbons (Fsp3) is 0.200. The summed E-state index contributed by atoms with van der Waals surface area (Å²) in [4.78, 5) is 15.4. The molecule has 0 unspecified atom stereocenters. The van der Waals surface area contributed by atoms with Crippen LogP contribution in [0.4, 0.5) is 4.39 Å². The lowest BCUT2D eigenvalue weighted by Gasteiger charge is -2.06. The van der Waals surface area contributed by atoms with E-state index in [2.05, 4.69) is 15.0 Å². The Bertz CT molecular complexity index is 585. The molecule has 0 saturated carbocycles. The van der Waals surface area contributed by atoms with Crippen molar-refractivity contribution in [3.8, 4) is 0 Å². The highest BCUT2D eigenvalue weighted by Crippen LogP contribution is 2.06. The molecule has 4 nitrogen and oxygen atoms in total. The number of halogens is 1. The summed E-state index contributed by atoms with van der Waals surface area (Å²) in [6.45, 7) is 0.920. The Labute approximate surface area is 116 Å². The zero-order valence-corrected chi connectivity index (χ0v) is 11.1. The molecule has 1 N–H and O–H groups in total. The minimum Gasteiger partial charge on any atom is -0.465 e. The average molecular weight is 274 g/mol. The van der Waals surface area contributed by atoms with Crippen molar-refractivity contribution >= 4 is 5.97 Å². The Kier molecular flexibility index (Phi) is 4.79. The topological polar surface area (TPSA) is 51.2 Å². The van der Waals surface area contributed by atoms with Crippen molar-refractivity contribution in [2.45, 2.75) is 13.1 Å². The molecule has 0 aliphatic heterocycles. The van der Waals surface area contributed by atoms with Crippen LogP contribution >= 0.6 is 0 Å². The van der Waals surface area contributed by atoms with Gasteiger partial charge in [-0.25, -0.2) is 9.18 Å². The number of nitrogens with zero attached hydrogens (tertiary/aromatic N) is 1. The van der Waals surface area contributed by atoms with E-state index in [1.165, 1.54) is 19.4 Å². The van der Waals surface area contributed by atoms with Crippen molar-refractivity contribution in [2.75, 3.05) is 7.11 Å². The van der Waals surface area contributed by atoms with Gasteiger partial charge in [0.1, 0.15) is 5.82 Å². The van der Waals surface area contributed by atoms with E-state index in [1.54, 1.807) is 30.3 Å². The molecule has 0 spiro atoms. The summed E-state index contributed by atoms with van der Waals surface area (Å²) in [6, 6.07) is 10.0. The van der Waals surface area contributed by atoms with Crippen LogP contribution in [0.25, 0.3) is 0 Å². The molecule has 20 heavy (non-hydrogen) atoms. The van der Waals surface area contributed by atoms with E-state index in [9.17, 15) is 9.18 Å². The molecule has 0 aliphatic rings. The number of benzene rings is 1. The molecule has 104 valence electrons. The van der Waals surface area contributed by atoms with E-state index in [1.807, 2.05) is 0 Å². The predicted molar refractivity (Wildman–Crippen MR) is 72.5 cm³/mol. The molecule has 2 aromatic rings. The lowest BCUT2D eigenvalue weighted by atomic mass is 10.2. The second-order valence-corrected chi connectivity index (χ2v) is 4.22. The maximum atomic E-state index is 13.4. The first-order valence-electron chi connectivity index (χ1n) is 6.18. The van der Waals surface area contributed by atoms with Gasteiger partial charge in [0.05, 0.1) is 18.4 Å². The molecule has 1 aromatic heterocycles. The van der Waals surface area contributed by atoms with E-state index in [0.717, 1.165) is 5.69 Å². The van der Waals surface area contributed by atoms with E-state index in [0.29, 0.717) is 24.2 Å². The number of carbonyl (C=O) groups is 1. The molecule has 2 rings (SSSR count). The summed E-state index contributed by atoms with van der Waals surface area (Å²) >= 11 is 0. The Morgan fingerprint density at radius 3 is 2.70 bits per heavy atom. The quantitative estimate of drug-likeness (QED) is 0.850. The fourth-order valence-corrected chi connectivity index (χ4v) is 1.73. The van der Waals surface area contributed by atoms with Crippen LogP contribution in [0.3, 0.4) is 0 Å². The van der Waals surface area contributed by atoms with Crippen molar-refractivity contribution in [1.29, 1.82) is 0 Å². The van der Waals surface area contributed by atoms with E-state index >= 15 is 0 Å². The molecule has 0 bridgehead atoms. The van der Waals surface area contributed by atoms with Crippen molar-refractivity contribution in [3.05, 3.63) is 65.2 Å². The van der Waals surface area contributed by atoms with Crippen molar-refractivity contribution in [3.63, 3.8) is 0 Å². The van der Waals surface area contributed by atoms with Gasteiger partial charge < -0.3 is 10.1 Å². The van der Waals surface area contributed by atoms with E-state index < -0.39 is 5.97 Å². The largest absolute Gasteiger partial charge is 0.465 e. The summed E-state index contributed by atoms with van der Waals surface area (Å²) < 4.78 is 18.0. The zero-order chi connectivity index (χ0) is 14.4. The number of hydrogen-bond acceptors (Lipinski definition) is 4. The van der Waals surface area contributed by atoms with Gasteiger partial charge in [0.15, 0.2) is 0 Å². The third kappa shape index (κ3) is 3.61. The monoisotopic (exact) mass is 274 g/mol. The molecule has 0 fully saturated rings. The SMILES string of the molecule is COC(=O)c1ccc(CNCc2ccccc2F)nc1. The molecular formula is C15H15FN2O2. The third-order valence-electron chi connectivity index (χ3n) is 2.83. The Morgan fingerprint density at radius 1 is 1.25 bits per heavy atom.